The van der Waals surface area contributed by atoms with Gasteiger partial charge in [0.25, 0.3) is 0 Å². The summed E-state index contributed by atoms with van der Waals surface area (Å²) >= 11 is 0. The van der Waals surface area contributed by atoms with E-state index in [4.69, 9.17) is 14.2 Å². The van der Waals surface area contributed by atoms with Gasteiger partial charge in [-0.3, -0.25) is 4.90 Å². The summed E-state index contributed by atoms with van der Waals surface area (Å²) in [4.78, 5) is 2.43. The number of aryl methyl sites for hydroxylation is 1. The molecule has 0 spiro atoms. The topological polar surface area (TPSA) is 43.0 Å². The first-order valence-electron chi connectivity index (χ1n) is 10.2. The first kappa shape index (κ1) is 20.6. The molecule has 28 heavy (non-hydrogen) atoms. The van der Waals surface area contributed by atoms with Crippen LogP contribution < -0.4 is 14.8 Å². The largest absolute Gasteiger partial charge is 0.490 e. The van der Waals surface area contributed by atoms with Crippen LogP contribution in [0.25, 0.3) is 0 Å². The third kappa shape index (κ3) is 6.51. The molecular formula is C23H32N2O3. The highest BCUT2D eigenvalue weighted by atomic mass is 16.5. The van der Waals surface area contributed by atoms with E-state index >= 15 is 0 Å². The zero-order chi connectivity index (χ0) is 19.6. The third-order valence-electron chi connectivity index (χ3n) is 4.82. The number of morpholine rings is 1. The van der Waals surface area contributed by atoms with E-state index in [0.29, 0.717) is 13.2 Å². The van der Waals surface area contributed by atoms with Crippen LogP contribution in [0.5, 0.6) is 11.5 Å². The van der Waals surface area contributed by atoms with Crippen molar-refractivity contribution in [2.45, 2.75) is 27.0 Å². The van der Waals surface area contributed by atoms with Gasteiger partial charge in [-0.15, -0.1) is 0 Å². The van der Waals surface area contributed by atoms with E-state index in [0.717, 1.165) is 63.0 Å². The normalized spacial score (nSPS) is 14.8. The zero-order valence-electron chi connectivity index (χ0n) is 17.1. The Morgan fingerprint density at radius 1 is 1.00 bits per heavy atom. The minimum absolute atomic E-state index is 0.541. The lowest BCUT2D eigenvalue weighted by Crippen LogP contribution is -2.40. The molecule has 0 unspecified atom stereocenters. The predicted molar refractivity (Wildman–Crippen MR) is 112 cm³/mol. The maximum absolute atomic E-state index is 6.03. The van der Waals surface area contributed by atoms with Gasteiger partial charge in [0.1, 0.15) is 6.61 Å². The highest BCUT2D eigenvalue weighted by Gasteiger charge is 2.10. The predicted octanol–water partition coefficient (Wildman–Crippen LogP) is 3.39. The molecule has 3 rings (SSSR count). The standard InChI is InChI=1S/C23H32N2O3/c1-3-27-23-16-20(17-24-9-10-25-11-13-26-14-12-25)7-8-22(23)28-18-21-6-4-5-19(2)15-21/h4-8,15-16,24H,3,9-14,17-18H2,1-2H3. The van der Waals surface area contributed by atoms with E-state index in [1.807, 2.05) is 13.0 Å². The van der Waals surface area contributed by atoms with Gasteiger partial charge in [0.15, 0.2) is 11.5 Å². The molecule has 2 aromatic rings. The molecule has 5 nitrogen and oxygen atoms in total. The van der Waals surface area contributed by atoms with Crippen LogP contribution in [-0.4, -0.2) is 50.9 Å². The monoisotopic (exact) mass is 384 g/mol. The molecule has 1 N–H and O–H groups in total. The van der Waals surface area contributed by atoms with Crippen molar-refractivity contribution < 1.29 is 14.2 Å². The van der Waals surface area contributed by atoms with Crippen LogP contribution in [0.1, 0.15) is 23.6 Å². The van der Waals surface area contributed by atoms with Crippen LogP contribution in [0, 0.1) is 6.92 Å². The molecule has 1 heterocycles. The van der Waals surface area contributed by atoms with E-state index in [1.165, 1.54) is 11.1 Å². The number of nitrogens with zero attached hydrogens (tertiary/aromatic N) is 1. The van der Waals surface area contributed by atoms with Crippen LogP contribution in [0.15, 0.2) is 42.5 Å². The van der Waals surface area contributed by atoms with E-state index in [-0.39, 0.29) is 0 Å². The van der Waals surface area contributed by atoms with Crippen LogP contribution >= 0.6 is 0 Å². The third-order valence-corrected chi connectivity index (χ3v) is 4.82. The van der Waals surface area contributed by atoms with Gasteiger partial charge in [0, 0.05) is 32.7 Å². The minimum atomic E-state index is 0.541. The Balaban J connectivity index is 1.51. The molecule has 0 amide bonds. The molecule has 1 aliphatic heterocycles. The number of hydrogen-bond donors (Lipinski definition) is 1. The summed E-state index contributed by atoms with van der Waals surface area (Å²) in [5.74, 6) is 1.60. The summed E-state index contributed by atoms with van der Waals surface area (Å²) in [6.07, 6.45) is 0. The van der Waals surface area contributed by atoms with E-state index < -0.39 is 0 Å². The van der Waals surface area contributed by atoms with Crippen molar-refractivity contribution >= 4 is 0 Å². The van der Waals surface area contributed by atoms with E-state index in [1.54, 1.807) is 0 Å². The van der Waals surface area contributed by atoms with E-state index in [2.05, 4.69) is 53.5 Å². The van der Waals surface area contributed by atoms with Crippen LogP contribution in [0.4, 0.5) is 0 Å². The lowest BCUT2D eigenvalue weighted by molar-refractivity contribution is 0.0384. The average molecular weight is 385 g/mol. The Kier molecular flexibility index (Phi) is 8.15. The second-order valence-corrected chi connectivity index (χ2v) is 7.12. The number of benzene rings is 2. The average Bonchev–Trinajstić information content (AvgIpc) is 2.72. The lowest BCUT2D eigenvalue weighted by Gasteiger charge is -2.26. The molecule has 0 aliphatic carbocycles. The fourth-order valence-electron chi connectivity index (χ4n) is 3.31. The summed E-state index contributed by atoms with van der Waals surface area (Å²) in [5, 5.41) is 3.52. The number of nitrogens with one attached hydrogen (secondary N) is 1. The van der Waals surface area contributed by atoms with Crippen molar-refractivity contribution in [2.24, 2.45) is 0 Å². The second kappa shape index (κ2) is 11.1. The number of ether oxygens (including phenoxy) is 3. The van der Waals surface area contributed by atoms with Crippen LogP contribution in [0.3, 0.4) is 0 Å². The highest BCUT2D eigenvalue weighted by Crippen LogP contribution is 2.29. The SMILES string of the molecule is CCOc1cc(CNCCN2CCOCC2)ccc1OCc1cccc(C)c1. The van der Waals surface area contributed by atoms with Crippen LogP contribution in [0.2, 0.25) is 0 Å². The highest BCUT2D eigenvalue weighted by molar-refractivity contribution is 5.43. The maximum atomic E-state index is 6.03. The van der Waals surface area contributed by atoms with Gasteiger partial charge < -0.3 is 19.5 Å². The van der Waals surface area contributed by atoms with Gasteiger partial charge in [0.05, 0.1) is 19.8 Å². The minimum Gasteiger partial charge on any atom is -0.490 e. The van der Waals surface area contributed by atoms with Crippen molar-refractivity contribution in [3.05, 3.63) is 59.2 Å². The Bertz CT molecular complexity index is 730. The Hall–Kier alpha value is -2.08. The Morgan fingerprint density at radius 3 is 2.64 bits per heavy atom. The van der Waals surface area contributed by atoms with Gasteiger partial charge in [-0.25, -0.2) is 0 Å². The molecule has 1 fully saturated rings. The van der Waals surface area contributed by atoms with Gasteiger partial charge in [-0.05, 0) is 37.1 Å². The quantitative estimate of drug-likeness (QED) is 0.636. The summed E-state index contributed by atoms with van der Waals surface area (Å²) in [7, 11) is 0. The van der Waals surface area contributed by atoms with Gasteiger partial charge in [0.2, 0.25) is 0 Å². The second-order valence-electron chi connectivity index (χ2n) is 7.12. The van der Waals surface area contributed by atoms with Crippen LogP contribution in [-0.2, 0) is 17.9 Å². The van der Waals surface area contributed by atoms with Crippen molar-refractivity contribution in [1.29, 1.82) is 0 Å². The fourth-order valence-corrected chi connectivity index (χ4v) is 3.31. The molecule has 0 saturated carbocycles. The van der Waals surface area contributed by atoms with Crippen molar-refractivity contribution in [1.82, 2.24) is 10.2 Å². The smallest absolute Gasteiger partial charge is 0.161 e. The maximum Gasteiger partial charge on any atom is 0.161 e. The Morgan fingerprint density at radius 2 is 1.86 bits per heavy atom. The molecule has 0 atom stereocenters. The first-order chi connectivity index (χ1) is 13.7. The molecule has 1 saturated heterocycles. The molecular weight excluding hydrogens is 352 g/mol. The summed E-state index contributed by atoms with van der Waals surface area (Å²) in [6.45, 7) is 11.9. The van der Waals surface area contributed by atoms with E-state index in [9.17, 15) is 0 Å². The first-order valence-corrected chi connectivity index (χ1v) is 10.2. The fraction of sp³-hybridized carbons (Fsp3) is 0.478. The summed E-state index contributed by atoms with van der Waals surface area (Å²) in [5.41, 5.74) is 3.61. The number of rotatable bonds is 10. The molecule has 0 radical (unpaired) electrons. The molecule has 2 aromatic carbocycles. The molecule has 0 bridgehead atoms. The lowest BCUT2D eigenvalue weighted by atomic mass is 10.1. The van der Waals surface area contributed by atoms with Crippen molar-refractivity contribution in [3.63, 3.8) is 0 Å². The van der Waals surface area contributed by atoms with Gasteiger partial charge in [-0.1, -0.05) is 35.9 Å². The van der Waals surface area contributed by atoms with Crippen molar-refractivity contribution in [3.8, 4) is 11.5 Å². The molecule has 152 valence electrons. The number of hydrogen-bond acceptors (Lipinski definition) is 5. The zero-order valence-corrected chi connectivity index (χ0v) is 17.1. The molecule has 5 heteroatoms. The molecule has 0 aromatic heterocycles. The van der Waals surface area contributed by atoms with Gasteiger partial charge in [-0.2, -0.15) is 0 Å². The Labute approximate surface area is 168 Å². The van der Waals surface area contributed by atoms with Crippen molar-refractivity contribution in [2.75, 3.05) is 46.0 Å². The summed E-state index contributed by atoms with van der Waals surface area (Å²) in [6, 6.07) is 14.6. The molecule has 1 aliphatic rings. The summed E-state index contributed by atoms with van der Waals surface area (Å²) < 4.78 is 17.2. The van der Waals surface area contributed by atoms with Gasteiger partial charge >= 0.3 is 0 Å².